The molecule has 0 saturated heterocycles. The minimum atomic E-state index is -1.23. The number of carboxylic acids is 1. The maximum atomic E-state index is 12.3. The molecule has 0 spiro atoms. The number of hydrogen-bond acceptors (Lipinski definition) is 6. The Kier molecular flexibility index (Phi) is 5.66. The molecule has 8 heteroatoms. The second-order valence-corrected chi connectivity index (χ2v) is 6.47. The Hall–Kier alpha value is -3.29. The average Bonchev–Trinajstić information content (AvgIpc) is 2.55. The van der Waals surface area contributed by atoms with Crippen LogP contribution in [-0.4, -0.2) is 38.5 Å². The summed E-state index contributed by atoms with van der Waals surface area (Å²) < 4.78 is 5.29. The lowest BCUT2D eigenvalue weighted by Gasteiger charge is -2.20. The Labute approximate surface area is 150 Å². The molecule has 0 atom stereocenters. The summed E-state index contributed by atoms with van der Waals surface area (Å²) in [6.07, 6.45) is 2.08. The van der Waals surface area contributed by atoms with Crippen LogP contribution in [0.25, 0.3) is 0 Å². The molecular weight excluding hydrogens is 338 g/mol. The van der Waals surface area contributed by atoms with Crippen LogP contribution < -0.4 is 5.32 Å². The van der Waals surface area contributed by atoms with Gasteiger partial charge in [0.05, 0.1) is 18.8 Å². The predicted molar refractivity (Wildman–Crippen MR) is 92.9 cm³/mol. The second-order valence-electron chi connectivity index (χ2n) is 6.47. The van der Waals surface area contributed by atoms with E-state index in [0.717, 1.165) is 12.4 Å². The van der Waals surface area contributed by atoms with Crippen molar-refractivity contribution in [2.75, 3.05) is 5.32 Å². The molecule has 0 unspecified atom stereocenters. The van der Waals surface area contributed by atoms with Crippen molar-refractivity contribution in [3.05, 3.63) is 53.6 Å². The van der Waals surface area contributed by atoms with Gasteiger partial charge in [-0.2, -0.15) is 0 Å². The molecule has 0 radical (unpaired) electrons. The molecule has 0 bridgehead atoms. The van der Waals surface area contributed by atoms with E-state index in [4.69, 9.17) is 9.84 Å². The largest absolute Gasteiger partial charge is 0.476 e. The summed E-state index contributed by atoms with van der Waals surface area (Å²) in [6.45, 7) is 5.33. The first-order valence-corrected chi connectivity index (χ1v) is 7.82. The third-order valence-corrected chi connectivity index (χ3v) is 3.12. The van der Waals surface area contributed by atoms with Crippen molar-refractivity contribution in [3.8, 4) is 0 Å². The van der Waals surface area contributed by atoms with Gasteiger partial charge in [0.1, 0.15) is 11.3 Å². The molecule has 1 heterocycles. The van der Waals surface area contributed by atoms with Gasteiger partial charge in [0.15, 0.2) is 5.69 Å². The Morgan fingerprint density at radius 1 is 1.08 bits per heavy atom. The van der Waals surface area contributed by atoms with E-state index in [0.29, 0.717) is 11.3 Å². The molecule has 136 valence electrons. The van der Waals surface area contributed by atoms with Crippen molar-refractivity contribution in [1.29, 1.82) is 0 Å². The van der Waals surface area contributed by atoms with Gasteiger partial charge in [-0.15, -0.1) is 0 Å². The second kappa shape index (κ2) is 7.73. The summed E-state index contributed by atoms with van der Waals surface area (Å²) in [5.74, 6) is -2.21. The number of nitrogens with one attached hydrogen (secondary N) is 1. The lowest BCUT2D eigenvalue weighted by Crippen LogP contribution is -2.25. The first kappa shape index (κ1) is 19.0. The van der Waals surface area contributed by atoms with Gasteiger partial charge in [-0.25, -0.2) is 14.8 Å². The Morgan fingerprint density at radius 2 is 1.69 bits per heavy atom. The van der Waals surface area contributed by atoms with Crippen molar-refractivity contribution in [2.45, 2.75) is 32.8 Å². The predicted octanol–water partition coefficient (Wildman–Crippen LogP) is 2.31. The molecule has 0 saturated carbocycles. The highest BCUT2D eigenvalue weighted by atomic mass is 16.6. The number of aromatic nitrogens is 2. The van der Waals surface area contributed by atoms with Gasteiger partial charge in [0.25, 0.3) is 5.91 Å². The molecule has 0 aliphatic carbocycles. The number of nitrogens with zero attached hydrogens (tertiary/aromatic N) is 2. The number of aromatic carboxylic acids is 1. The van der Waals surface area contributed by atoms with E-state index in [1.807, 2.05) is 0 Å². The summed E-state index contributed by atoms with van der Waals surface area (Å²) in [4.78, 5) is 42.5. The van der Waals surface area contributed by atoms with Crippen LogP contribution in [0.5, 0.6) is 0 Å². The smallest absolute Gasteiger partial charge is 0.356 e. The Morgan fingerprint density at radius 3 is 2.27 bits per heavy atom. The average molecular weight is 357 g/mol. The highest BCUT2D eigenvalue weighted by molar-refractivity contribution is 6.03. The zero-order chi connectivity index (χ0) is 19.3. The zero-order valence-corrected chi connectivity index (χ0v) is 14.6. The lowest BCUT2D eigenvalue weighted by atomic mass is 10.1. The number of hydrogen-bond donors (Lipinski definition) is 2. The fourth-order valence-corrected chi connectivity index (χ4v) is 2.07. The van der Waals surface area contributed by atoms with Crippen LogP contribution >= 0.6 is 0 Å². The normalized spacial score (nSPS) is 10.9. The number of carboxylic acid groups (broad SMARTS) is 1. The monoisotopic (exact) mass is 357 g/mol. The van der Waals surface area contributed by atoms with Crippen LogP contribution in [0.15, 0.2) is 36.7 Å². The molecule has 8 nitrogen and oxygen atoms in total. The van der Waals surface area contributed by atoms with Gasteiger partial charge in [-0.05, 0) is 32.4 Å². The molecule has 0 fully saturated rings. The van der Waals surface area contributed by atoms with Gasteiger partial charge in [-0.3, -0.25) is 9.59 Å². The lowest BCUT2D eigenvalue weighted by molar-refractivity contribution is -0.153. The molecule has 2 aromatic rings. The van der Waals surface area contributed by atoms with Crippen LogP contribution in [-0.2, 0) is 16.0 Å². The SMILES string of the molecule is CC(C)(C)OC(=O)Cc1ccccc1NC(=O)c1cnc(C(=O)O)cn1. The molecular formula is C18H19N3O5. The number of esters is 1. The van der Waals surface area contributed by atoms with Crippen LogP contribution in [0.4, 0.5) is 5.69 Å². The maximum Gasteiger partial charge on any atom is 0.356 e. The number of carbonyl (C=O) groups excluding carboxylic acids is 2. The summed E-state index contributed by atoms with van der Waals surface area (Å²) in [5.41, 5.74) is 0.128. The summed E-state index contributed by atoms with van der Waals surface area (Å²) in [5, 5.41) is 11.5. The highest BCUT2D eigenvalue weighted by Gasteiger charge is 2.18. The van der Waals surface area contributed by atoms with E-state index < -0.39 is 23.4 Å². The number of ether oxygens (including phenoxy) is 1. The van der Waals surface area contributed by atoms with Gasteiger partial charge >= 0.3 is 11.9 Å². The minimum absolute atomic E-state index is 0.00263. The summed E-state index contributed by atoms with van der Waals surface area (Å²) in [6, 6.07) is 6.82. The van der Waals surface area contributed by atoms with Crippen LogP contribution in [0.2, 0.25) is 0 Å². The number of amides is 1. The number of rotatable bonds is 5. The fourth-order valence-electron chi connectivity index (χ4n) is 2.07. The minimum Gasteiger partial charge on any atom is -0.476 e. The molecule has 0 aliphatic rings. The maximum absolute atomic E-state index is 12.3. The molecule has 1 aromatic carbocycles. The van der Waals surface area contributed by atoms with Crippen molar-refractivity contribution >= 4 is 23.5 Å². The van der Waals surface area contributed by atoms with Crippen LogP contribution in [0.1, 0.15) is 47.3 Å². The molecule has 26 heavy (non-hydrogen) atoms. The summed E-state index contributed by atoms with van der Waals surface area (Å²) >= 11 is 0. The van der Waals surface area contributed by atoms with Crippen molar-refractivity contribution in [1.82, 2.24) is 9.97 Å². The first-order chi connectivity index (χ1) is 12.2. The van der Waals surface area contributed by atoms with E-state index in [1.165, 1.54) is 0 Å². The third kappa shape index (κ3) is 5.37. The number of para-hydroxylation sites is 1. The van der Waals surface area contributed by atoms with Crippen molar-refractivity contribution in [2.24, 2.45) is 0 Å². The van der Waals surface area contributed by atoms with Crippen LogP contribution in [0.3, 0.4) is 0 Å². The van der Waals surface area contributed by atoms with Gasteiger partial charge in [0, 0.05) is 5.69 Å². The molecule has 0 aliphatic heterocycles. The fraction of sp³-hybridized carbons (Fsp3) is 0.278. The Balaban J connectivity index is 2.13. The Bertz CT molecular complexity index is 825. The molecule has 2 N–H and O–H groups in total. The van der Waals surface area contributed by atoms with Crippen LogP contribution in [0, 0.1) is 0 Å². The summed E-state index contributed by atoms with van der Waals surface area (Å²) in [7, 11) is 0. The van der Waals surface area contributed by atoms with Crippen molar-refractivity contribution < 1.29 is 24.2 Å². The number of anilines is 1. The van der Waals surface area contributed by atoms with Gasteiger partial charge in [0.2, 0.25) is 0 Å². The molecule has 1 amide bonds. The van der Waals surface area contributed by atoms with E-state index in [1.54, 1.807) is 45.0 Å². The quantitative estimate of drug-likeness (QED) is 0.788. The number of carbonyl (C=O) groups is 3. The standard InChI is InChI=1S/C18H19N3O5/c1-18(2,3)26-15(22)8-11-6-4-5-7-12(11)21-16(23)13-9-20-14(10-19-13)17(24)25/h4-7,9-10H,8H2,1-3H3,(H,21,23)(H,24,25). The first-order valence-electron chi connectivity index (χ1n) is 7.82. The van der Waals surface area contributed by atoms with E-state index in [9.17, 15) is 14.4 Å². The number of benzene rings is 1. The van der Waals surface area contributed by atoms with Crippen molar-refractivity contribution in [3.63, 3.8) is 0 Å². The van der Waals surface area contributed by atoms with E-state index >= 15 is 0 Å². The van der Waals surface area contributed by atoms with Gasteiger partial charge < -0.3 is 15.2 Å². The van der Waals surface area contributed by atoms with Gasteiger partial charge in [-0.1, -0.05) is 18.2 Å². The molecule has 1 aromatic heterocycles. The van der Waals surface area contributed by atoms with E-state index in [-0.39, 0.29) is 17.8 Å². The van der Waals surface area contributed by atoms with E-state index in [2.05, 4.69) is 15.3 Å². The molecule has 2 rings (SSSR count). The topological polar surface area (TPSA) is 118 Å². The third-order valence-electron chi connectivity index (χ3n) is 3.12. The zero-order valence-electron chi connectivity index (χ0n) is 14.6. The highest BCUT2D eigenvalue weighted by Crippen LogP contribution is 2.18.